The van der Waals surface area contributed by atoms with Gasteiger partial charge in [0.1, 0.15) is 11.3 Å². The van der Waals surface area contributed by atoms with Crippen LogP contribution < -0.4 is 0 Å². The Morgan fingerprint density at radius 3 is 2.75 bits per heavy atom. The topological polar surface area (TPSA) is 21.1 Å². The molecule has 1 heterocycles. The molecule has 0 aliphatic rings. The molecule has 3 nitrogen and oxygen atoms in total. The van der Waals surface area contributed by atoms with E-state index in [1.165, 1.54) is 6.07 Å². The summed E-state index contributed by atoms with van der Waals surface area (Å²) in [6.45, 7) is 4.25. The molecule has 0 spiro atoms. The SMILES string of the molecule is CCN(C)CCn1c(CCCl)nc2ccc(F)c(F)c21. The summed E-state index contributed by atoms with van der Waals surface area (Å²) in [7, 11) is 1.98. The van der Waals surface area contributed by atoms with Gasteiger partial charge in [0.05, 0.1) is 5.52 Å². The molecule has 0 bridgehead atoms. The van der Waals surface area contributed by atoms with Gasteiger partial charge in [-0.25, -0.2) is 13.8 Å². The van der Waals surface area contributed by atoms with Crippen molar-refractivity contribution in [2.24, 2.45) is 0 Å². The summed E-state index contributed by atoms with van der Waals surface area (Å²) < 4.78 is 29.2. The minimum absolute atomic E-state index is 0.231. The maximum Gasteiger partial charge on any atom is 0.184 e. The third-order valence-corrected chi connectivity index (χ3v) is 3.63. The number of hydrogen-bond donors (Lipinski definition) is 0. The van der Waals surface area contributed by atoms with Gasteiger partial charge in [-0.05, 0) is 25.7 Å². The molecule has 20 heavy (non-hydrogen) atoms. The maximum atomic E-state index is 14.0. The second-order valence-electron chi connectivity index (χ2n) is 4.74. The lowest BCUT2D eigenvalue weighted by atomic mass is 10.3. The Labute approximate surface area is 122 Å². The van der Waals surface area contributed by atoms with E-state index in [0.717, 1.165) is 19.2 Å². The average molecular weight is 302 g/mol. The Bertz CT molecular complexity index is 598. The Balaban J connectivity index is 2.46. The number of likely N-dealkylation sites (N-methyl/N-ethyl adjacent to an activating group) is 1. The molecule has 1 aromatic heterocycles. The zero-order chi connectivity index (χ0) is 14.7. The fraction of sp³-hybridized carbons (Fsp3) is 0.500. The van der Waals surface area contributed by atoms with Crippen LogP contribution in [0.5, 0.6) is 0 Å². The van der Waals surface area contributed by atoms with Crippen LogP contribution in [0.1, 0.15) is 12.7 Å². The standard InChI is InChI=1S/C14H18ClF2N3/c1-3-19(2)8-9-20-12(6-7-15)18-11-5-4-10(16)13(17)14(11)20/h4-5H,3,6-9H2,1-2H3. The van der Waals surface area contributed by atoms with E-state index < -0.39 is 11.6 Å². The van der Waals surface area contributed by atoms with Crippen LogP contribution in [0, 0.1) is 11.6 Å². The van der Waals surface area contributed by atoms with Crippen LogP contribution in [0.4, 0.5) is 8.78 Å². The lowest BCUT2D eigenvalue weighted by Crippen LogP contribution is -2.23. The van der Waals surface area contributed by atoms with Crippen LogP contribution in [0.2, 0.25) is 0 Å². The summed E-state index contributed by atoms with van der Waals surface area (Å²) in [5.41, 5.74) is 0.706. The first-order chi connectivity index (χ1) is 9.58. The number of rotatable bonds is 6. The molecule has 2 aromatic rings. The van der Waals surface area contributed by atoms with E-state index in [9.17, 15) is 8.78 Å². The minimum atomic E-state index is -0.847. The number of alkyl halides is 1. The van der Waals surface area contributed by atoms with Gasteiger partial charge >= 0.3 is 0 Å². The van der Waals surface area contributed by atoms with Crippen LogP contribution in [0.25, 0.3) is 11.0 Å². The predicted molar refractivity (Wildman–Crippen MR) is 77.2 cm³/mol. The summed E-state index contributed by atoms with van der Waals surface area (Å²) in [5, 5.41) is 0. The van der Waals surface area contributed by atoms with Gasteiger partial charge < -0.3 is 9.47 Å². The van der Waals surface area contributed by atoms with E-state index in [0.29, 0.717) is 30.2 Å². The number of imidazole rings is 1. The third-order valence-electron chi connectivity index (χ3n) is 3.44. The van der Waals surface area contributed by atoms with Gasteiger partial charge in [0.25, 0.3) is 0 Å². The van der Waals surface area contributed by atoms with Gasteiger partial charge in [-0.1, -0.05) is 6.92 Å². The van der Waals surface area contributed by atoms with Gasteiger partial charge in [-0.2, -0.15) is 0 Å². The van der Waals surface area contributed by atoms with E-state index in [1.807, 2.05) is 14.0 Å². The quantitative estimate of drug-likeness (QED) is 0.765. The van der Waals surface area contributed by atoms with Gasteiger partial charge in [-0.3, -0.25) is 0 Å². The molecule has 0 atom stereocenters. The minimum Gasteiger partial charge on any atom is -0.324 e. The van der Waals surface area contributed by atoms with Crippen molar-refractivity contribution in [3.8, 4) is 0 Å². The molecule has 0 fully saturated rings. The van der Waals surface area contributed by atoms with Crippen molar-refractivity contribution in [2.75, 3.05) is 26.0 Å². The van der Waals surface area contributed by atoms with Crippen molar-refractivity contribution in [1.82, 2.24) is 14.5 Å². The third kappa shape index (κ3) is 2.94. The molecule has 0 radical (unpaired) electrons. The van der Waals surface area contributed by atoms with E-state index in [4.69, 9.17) is 11.6 Å². The average Bonchev–Trinajstić information content (AvgIpc) is 2.79. The molecular weight excluding hydrogens is 284 g/mol. The Morgan fingerprint density at radius 1 is 1.35 bits per heavy atom. The highest BCUT2D eigenvalue weighted by atomic mass is 35.5. The number of aromatic nitrogens is 2. The molecule has 0 amide bonds. The van der Waals surface area contributed by atoms with Crippen molar-refractivity contribution in [3.05, 3.63) is 29.6 Å². The molecule has 6 heteroatoms. The molecule has 1 aromatic carbocycles. The van der Waals surface area contributed by atoms with E-state index in [-0.39, 0.29) is 5.52 Å². The molecule has 0 aliphatic carbocycles. The first-order valence-corrected chi connectivity index (χ1v) is 7.19. The molecular formula is C14H18ClF2N3. The van der Waals surface area contributed by atoms with Crippen LogP contribution in [-0.4, -0.2) is 40.5 Å². The van der Waals surface area contributed by atoms with Crippen molar-refractivity contribution < 1.29 is 8.78 Å². The zero-order valence-corrected chi connectivity index (χ0v) is 12.4. The van der Waals surface area contributed by atoms with Gasteiger partial charge in [-0.15, -0.1) is 11.6 Å². The summed E-state index contributed by atoms with van der Waals surface area (Å²) in [5.74, 6) is -0.587. The Kier molecular flexibility index (Phi) is 4.94. The number of halogens is 3. The van der Waals surface area contributed by atoms with Crippen molar-refractivity contribution >= 4 is 22.6 Å². The highest BCUT2D eigenvalue weighted by Crippen LogP contribution is 2.22. The Hall–Kier alpha value is -1.20. The van der Waals surface area contributed by atoms with Gasteiger partial charge in [0.2, 0.25) is 0 Å². The van der Waals surface area contributed by atoms with Gasteiger partial charge in [0, 0.05) is 25.4 Å². The fourth-order valence-electron chi connectivity index (χ4n) is 2.15. The molecule has 0 N–H and O–H groups in total. The zero-order valence-electron chi connectivity index (χ0n) is 11.7. The van der Waals surface area contributed by atoms with E-state index in [2.05, 4.69) is 9.88 Å². The van der Waals surface area contributed by atoms with E-state index >= 15 is 0 Å². The van der Waals surface area contributed by atoms with Crippen LogP contribution in [-0.2, 0) is 13.0 Å². The van der Waals surface area contributed by atoms with Gasteiger partial charge in [0.15, 0.2) is 11.6 Å². The summed E-state index contributed by atoms with van der Waals surface area (Å²) in [6.07, 6.45) is 0.535. The molecule has 110 valence electrons. The Morgan fingerprint density at radius 2 is 2.10 bits per heavy atom. The van der Waals surface area contributed by atoms with E-state index in [1.54, 1.807) is 4.57 Å². The monoisotopic (exact) mass is 301 g/mol. The smallest absolute Gasteiger partial charge is 0.184 e. The largest absolute Gasteiger partial charge is 0.324 e. The summed E-state index contributed by atoms with van der Waals surface area (Å²) >= 11 is 5.77. The lowest BCUT2D eigenvalue weighted by molar-refractivity contribution is 0.334. The van der Waals surface area contributed by atoms with Crippen molar-refractivity contribution in [1.29, 1.82) is 0 Å². The number of hydrogen-bond acceptors (Lipinski definition) is 2. The number of benzene rings is 1. The first kappa shape index (κ1) is 15.2. The molecule has 0 aliphatic heterocycles. The predicted octanol–water partition coefficient (Wildman–Crippen LogP) is 3.05. The second-order valence-corrected chi connectivity index (χ2v) is 5.12. The normalized spacial score (nSPS) is 11.7. The number of fused-ring (bicyclic) bond motifs is 1. The highest BCUT2D eigenvalue weighted by molar-refractivity contribution is 6.17. The molecule has 0 saturated heterocycles. The highest BCUT2D eigenvalue weighted by Gasteiger charge is 2.17. The number of nitrogens with zero attached hydrogens (tertiary/aromatic N) is 3. The van der Waals surface area contributed by atoms with Crippen LogP contribution >= 0.6 is 11.6 Å². The van der Waals surface area contributed by atoms with Crippen molar-refractivity contribution in [2.45, 2.75) is 19.9 Å². The van der Waals surface area contributed by atoms with Crippen LogP contribution in [0.15, 0.2) is 12.1 Å². The molecule has 0 unspecified atom stereocenters. The second kappa shape index (κ2) is 6.50. The summed E-state index contributed by atoms with van der Waals surface area (Å²) in [4.78, 5) is 6.47. The maximum absolute atomic E-state index is 14.0. The molecule has 0 saturated carbocycles. The number of aryl methyl sites for hydroxylation is 1. The summed E-state index contributed by atoms with van der Waals surface area (Å²) in [6, 6.07) is 2.61. The lowest BCUT2D eigenvalue weighted by Gasteiger charge is -2.16. The first-order valence-electron chi connectivity index (χ1n) is 6.66. The van der Waals surface area contributed by atoms with Crippen molar-refractivity contribution in [3.63, 3.8) is 0 Å². The fourth-order valence-corrected chi connectivity index (χ4v) is 2.32. The molecule has 2 rings (SSSR count). The van der Waals surface area contributed by atoms with Crippen LogP contribution in [0.3, 0.4) is 0 Å².